The first-order valence-corrected chi connectivity index (χ1v) is 7.41. The van der Waals surface area contributed by atoms with Crippen LogP contribution >= 0.6 is 0 Å². The molecule has 3 rings (SSSR count). The number of nitrogens with zero attached hydrogens (tertiary/aromatic N) is 1. The van der Waals surface area contributed by atoms with Gasteiger partial charge in [-0.3, -0.25) is 4.79 Å². The largest absolute Gasteiger partial charge is 0.343 e. The maximum absolute atomic E-state index is 12.4. The van der Waals surface area contributed by atoms with Crippen molar-refractivity contribution in [2.24, 2.45) is 0 Å². The van der Waals surface area contributed by atoms with Gasteiger partial charge >= 0.3 is 0 Å². The Bertz CT molecular complexity index is 452. The molecule has 1 saturated heterocycles. The van der Waals surface area contributed by atoms with Gasteiger partial charge in [0.05, 0.1) is 0 Å². The van der Waals surface area contributed by atoms with Gasteiger partial charge in [-0.05, 0) is 30.4 Å². The van der Waals surface area contributed by atoms with Gasteiger partial charge in [0, 0.05) is 38.5 Å². The molecule has 1 unspecified atom stereocenters. The summed E-state index contributed by atoms with van der Waals surface area (Å²) in [6.45, 7) is 3.78. The highest BCUT2D eigenvalue weighted by molar-refractivity contribution is 5.77. The molecular formula is C16H22N2O. The lowest BCUT2D eigenvalue weighted by molar-refractivity contribution is -0.132. The lowest BCUT2D eigenvalue weighted by atomic mass is 9.88. The summed E-state index contributed by atoms with van der Waals surface area (Å²) in [5, 5.41) is 3.43. The van der Waals surface area contributed by atoms with Gasteiger partial charge in [-0.1, -0.05) is 24.3 Å². The lowest BCUT2D eigenvalue weighted by Gasteiger charge is -2.31. The van der Waals surface area contributed by atoms with Crippen molar-refractivity contribution in [3.05, 3.63) is 35.4 Å². The molecule has 3 heteroatoms. The van der Waals surface area contributed by atoms with Crippen molar-refractivity contribution in [1.82, 2.24) is 10.2 Å². The molecule has 1 N–H and O–H groups in total. The second-order valence-corrected chi connectivity index (χ2v) is 5.67. The lowest BCUT2D eigenvalue weighted by Crippen LogP contribution is -2.38. The summed E-state index contributed by atoms with van der Waals surface area (Å²) in [4.78, 5) is 14.4. The first-order chi connectivity index (χ1) is 9.34. The molecule has 2 aliphatic rings. The van der Waals surface area contributed by atoms with E-state index in [0.29, 0.717) is 18.2 Å². The van der Waals surface area contributed by atoms with E-state index in [1.165, 1.54) is 30.4 Å². The molecule has 0 aliphatic carbocycles. The first-order valence-electron chi connectivity index (χ1n) is 7.41. The molecule has 1 aromatic carbocycles. The van der Waals surface area contributed by atoms with Crippen LogP contribution in [0.1, 0.15) is 42.7 Å². The summed E-state index contributed by atoms with van der Waals surface area (Å²) in [6, 6.07) is 8.52. The Hall–Kier alpha value is -1.35. The maximum Gasteiger partial charge on any atom is 0.223 e. The highest BCUT2D eigenvalue weighted by atomic mass is 16.2. The van der Waals surface area contributed by atoms with Crippen molar-refractivity contribution in [3.63, 3.8) is 0 Å². The number of hydrogen-bond acceptors (Lipinski definition) is 2. The summed E-state index contributed by atoms with van der Waals surface area (Å²) in [5.41, 5.74) is 2.72. The number of amides is 1. The molecule has 1 aromatic rings. The van der Waals surface area contributed by atoms with Crippen LogP contribution in [0.15, 0.2) is 24.3 Å². The van der Waals surface area contributed by atoms with Crippen molar-refractivity contribution in [1.29, 1.82) is 0 Å². The van der Waals surface area contributed by atoms with Crippen molar-refractivity contribution >= 4 is 5.91 Å². The first kappa shape index (κ1) is 12.7. The Kier molecular flexibility index (Phi) is 3.83. The van der Waals surface area contributed by atoms with E-state index in [1.54, 1.807) is 0 Å². The van der Waals surface area contributed by atoms with E-state index < -0.39 is 0 Å². The molecule has 0 radical (unpaired) electrons. The zero-order valence-electron chi connectivity index (χ0n) is 11.4. The average Bonchev–Trinajstić information content (AvgIpc) is 2.48. The number of carbonyl (C=O) groups excluding carboxylic acids is 1. The monoisotopic (exact) mass is 258 g/mol. The molecule has 3 nitrogen and oxygen atoms in total. The second-order valence-electron chi connectivity index (χ2n) is 5.67. The molecule has 0 spiro atoms. The third-order valence-electron chi connectivity index (χ3n) is 4.33. The molecule has 102 valence electrons. The van der Waals surface area contributed by atoms with Gasteiger partial charge in [-0.2, -0.15) is 0 Å². The highest BCUT2D eigenvalue weighted by Gasteiger charge is 2.25. The number of fused-ring (bicyclic) bond motifs is 1. The number of likely N-dealkylation sites (tertiary alicyclic amines) is 1. The Balaban J connectivity index is 1.68. The van der Waals surface area contributed by atoms with Gasteiger partial charge in [-0.15, -0.1) is 0 Å². The van der Waals surface area contributed by atoms with Crippen LogP contribution < -0.4 is 5.32 Å². The normalized spacial score (nSPS) is 22.9. The zero-order valence-corrected chi connectivity index (χ0v) is 11.4. The topological polar surface area (TPSA) is 32.3 Å². The average molecular weight is 258 g/mol. The Morgan fingerprint density at radius 3 is 2.84 bits per heavy atom. The van der Waals surface area contributed by atoms with Gasteiger partial charge in [0.1, 0.15) is 0 Å². The van der Waals surface area contributed by atoms with Crippen molar-refractivity contribution in [3.8, 4) is 0 Å². The Labute approximate surface area is 115 Å². The molecule has 2 aliphatic heterocycles. The van der Waals surface area contributed by atoms with Crippen molar-refractivity contribution in [2.45, 2.75) is 38.1 Å². The van der Waals surface area contributed by atoms with Crippen LogP contribution in [0.25, 0.3) is 0 Å². The minimum atomic E-state index is 0.336. The number of hydrogen-bond donors (Lipinski definition) is 1. The van der Waals surface area contributed by atoms with Crippen LogP contribution in [0.5, 0.6) is 0 Å². The van der Waals surface area contributed by atoms with E-state index >= 15 is 0 Å². The molecule has 0 saturated carbocycles. The van der Waals surface area contributed by atoms with E-state index in [4.69, 9.17) is 0 Å². The minimum Gasteiger partial charge on any atom is -0.343 e. The van der Waals surface area contributed by atoms with Crippen LogP contribution in [-0.4, -0.2) is 30.4 Å². The van der Waals surface area contributed by atoms with Gasteiger partial charge in [0.15, 0.2) is 0 Å². The van der Waals surface area contributed by atoms with Gasteiger partial charge in [-0.25, -0.2) is 0 Å². The smallest absolute Gasteiger partial charge is 0.223 e. The van der Waals surface area contributed by atoms with Gasteiger partial charge in [0.2, 0.25) is 5.91 Å². The van der Waals surface area contributed by atoms with E-state index in [1.807, 2.05) is 0 Å². The minimum absolute atomic E-state index is 0.336. The third kappa shape index (κ3) is 2.81. The predicted molar refractivity (Wildman–Crippen MR) is 75.9 cm³/mol. The number of rotatable bonds is 2. The van der Waals surface area contributed by atoms with E-state index in [-0.39, 0.29) is 0 Å². The summed E-state index contributed by atoms with van der Waals surface area (Å²) in [5.74, 6) is 0.683. The quantitative estimate of drug-likeness (QED) is 0.882. The van der Waals surface area contributed by atoms with E-state index in [2.05, 4.69) is 34.5 Å². The summed E-state index contributed by atoms with van der Waals surface area (Å²) >= 11 is 0. The molecule has 19 heavy (non-hydrogen) atoms. The fourth-order valence-corrected chi connectivity index (χ4v) is 3.25. The zero-order chi connectivity index (χ0) is 13.1. The van der Waals surface area contributed by atoms with Crippen molar-refractivity contribution < 1.29 is 4.79 Å². The van der Waals surface area contributed by atoms with E-state index in [0.717, 1.165) is 26.2 Å². The van der Waals surface area contributed by atoms with Crippen LogP contribution in [0, 0.1) is 0 Å². The summed E-state index contributed by atoms with van der Waals surface area (Å²) in [6.07, 6.45) is 4.28. The van der Waals surface area contributed by atoms with Crippen LogP contribution in [0.3, 0.4) is 0 Å². The fourth-order valence-electron chi connectivity index (χ4n) is 3.25. The Morgan fingerprint density at radius 1 is 1.21 bits per heavy atom. The third-order valence-corrected chi connectivity index (χ3v) is 4.33. The van der Waals surface area contributed by atoms with Crippen LogP contribution in [0.4, 0.5) is 0 Å². The van der Waals surface area contributed by atoms with E-state index in [9.17, 15) is 4.79 Å². The van der Waals surface area contributed by atoms with Crippen molar-refractivity contribution in [2.75, 3.05) is 19.6 Å². The molecule has 0 bridgehead atoms. The predicted octanol–water partition coefficient (Wildman–Crippen LogP) is 2.28. The number of piperidine rings is 1. The number of benzene rings is 1. The van der Waals surface area contributed by atoms with Gasteiger partial charge in [0.25, 0.3) is 0 Å². The Morgan fingerprint density at radius 2 is 2.00 bits per heavy atom. The highest BCUT2D eigenvalue weighted by Crippen LogP contribution is 2.27. The standard InChI is InChI=1S/C16H22N2O/c19-16(18-8-4-1-5-9-18)10-14-12-17-11-13-6-2-3-7-15(13)14/h2-3,6-7,14,17H,1,4-5,8-12H2. The van der Waals surface area contributed by atoms with Crippen LogP contribution in [-0.2, 0) is 11.3 Å². The van der Waals surface area contributed by atoms with Gasteiger partial charge < -0.3 is 10.2 Å². The molecule has 1 amide bonds. The molecule has 1 atom stereocenters. The number of nitrogens with one attached hydrogen (secondary N) is 1. The molecular weight excluding hydrogens is 236 g/mol. The maximum atomic E-state index is 12.4. The second kappa shape index (κ2) is 5.74. The molecule has 2 heterocycles. The fraction of sp³-hybridized carbons (Fsp3) is 0.562. The molecule has 1 fully saturated rings. The number of carbonyl (C=O) groups is 1. The molecule has 0 aromatic heterocycles. The van der Waals surface area contributed by atoms with Crippen LogP contribution in [0.2, 0.25) is 0 Å². The summed E-state index contributed by atoms with van der Waals surface area (Å²) < 4.78 is 0. The SMILES string of the molecule is O=C(CC1CNCc2ccccc21)N1CCCCC1. The summed E-state index contributed by atoms with van der Waals surface area (Å²) in [7, 11) is 0.